The smallest absolute Gasteiger partial charge is 0.261 e. The summed E-state index contributed by atoms with van der Waals surface area (Å²) in [7, 11) is -0.261. The summed E-state index contributed by atoms with van der Waals surface area (Å²) in [4.78, 5) is 39.6. The van der Waals surface area contributed by atoms with E-state index in [0.717, 1.165) is 4.90 Å². The van der Waals surface area contributed by atoms with E-state index in [-0.39, 0.29) is 47.3 Å². The van der Waals surface area contributed by atoms with E-state index in [9.17, 15) is 22.8 Å². The molecule has 0 saturated carbocycles. The molecule has 0 radical (unpaired) electrons. The van der Waals surface area contributed by atoms with Gasteiger partial charge in [-0.1, -0.05) is 0 Å². The number of carbonyl (C=O) groups excluding carboxylic acids is 3. The third-order valence-electron chi connectivity index (χ3n) is 4.78. The van der Waals surface area contributed by atoms with Crippen LogP contribution in [0.2, 0.25) is 0 Å². The highest BCUT2D eigenvalue weighted by molar-refractivity contribution is 7.91. The predicted molar refractivity (Wildman–Crippen MR) is 92.8 cm³/mol. The van der Waals surface area contributed by atoms with Crippen molar-refractivity contribution in [2.24, 2.45) is 0 Å². The van der Waals surface area contributed by atoms with Gasteiger partial charge in [0.25, 0.3) is 17.7 Å². The first-order valence-electron chi connectivity index (χ1n) is 8.22. The average Bonchev–Trinajstić information content (AvgIpc) is 3.07. The lowest BCUT2D eigenvalue weighted by atomic mass is 10.0. The van der Waals surface area contributed by atoms with Gasteiger partial charge in [0.2, 0.25) is 0 Å². The van der Waals surface area contributed by atoms with Gasteiger partial charge in [-0.2, -0.15) is 0 Å². The summed E-state index contributed by atoms with van der Waals surface area (Å²) >= 11 is 0. The van der Waals surface area contributed by atoms with Crippen molar-refractivity contribution >= 4 is 27.6 Å². The Labute approximate surface area is 151 Å². The van der Waals surface area contributed by atoms with Crippen LogP contribution in [0.15, 0.2) is 18.2 Å². The zero-order chi connectivity index (χ0) is 19.1. The summed E-state index contributed by atoms with van der Waals surface area (Å²) in [6.07, 6.45) is 0.378. The maximum absolute atomic E-state index is 13.0. The lowest BCUT2D eigenvalue weighted by Gasteiger charge is -2.28. The molecule has 2 aliphatic rings. The predicted octanol–water partition coefficient (Wildman–Crippen LogP) is 0.188. The number of carbonyl (C=O) groups is 3. The van der Waals surface area contributed by atoms with E-state index in [0.29, 0.717) is 6.42 Å². The van der Waals surface area contributed by atoms with Crippen LogP contribution >= 0.6 is 0 Å². The van der Waals surface area contributed by atoms with Gasteiger partial charge in [-0.05, 0) is 24.6 Å². The zero-order valence-corrected chi connectivity index (χ0v) is 15.4. The molecule has 0 aromatic heterocycles. The van der Waals surface area contributed by atoms with Crippen LogP contribution < -0.4 is 0 Å². The molecule has 3 rings (SSSR count). The van der Waals surface area contributed by atoms with E-state index in [1.165, 1.54) is 37.3 Å². The van der Waals surface area contributed by atoms with Crippen molar-refractivity contribution in [3.8, 4) is 0 Å². The maximum atomic E-state index is 13.0. The van der Waals surface area contributed by atoms with Gasteiger partial charge in [0.05, 0.1) is 29.2 Å². The lowest BCUT2D eigenvalue weighted by molar-refractivity contribution is 0.0623. The number of sulfone groups is 1. The van der Waals surface area contributed by atoms with Crippen LogP contribution in [0.1, 0.15) is 37.5 Å². The fraction of sp³-hybridized carbons (Fsp3) is 0.471. The van der Waals surface area contributed by atoms with Gasteiger partial charge in [-0.3, -0.25) is 19.3 Å². The highest BCUT2D eigenvalue weighted by Crippen LogP contribution is 2.25. The number of ether oxygens (including phenoxy) is 1. The molecule has 1 atom stereocenters. The molecule has 1 unspecified atom stereocenters. The fourth-order valence-electron chi connectivity index (χ4n) is 3.32. The Balaban J connectivity index is 1.90. The van der Waals surface area contributed by atoms with Crippen molar-refractivity contribution in [1.29, 1.82) is 0 Å². The second kappa shape index (κ2) is 6.81. The highest BCUT2D eigenvalue weighted by atomic mass is 32.2. The normalized spacial score (nSPS) is 21.2. The Morgan fingerprint density at radius 2 is 1.96 bits per heavy atom. The van der Waals surface area contributed by atoms with Crippen LogP contribution in [-0.4, -0.2) is 80.8 Å². The van der Waals surface area contributed by atoms with Crippen molar-refractivity contribution in [1.82, 2.24) is 9.80 Å². The lowest BCUT2D eigenvalue weighted by Crippen LogP contribution is -2.43. The molecule has 0 N–H and O–H groups in total. The minimum Gasteiger partial charge on any atom is -0.383 e. The van der Waals surface area contributed by atoms with E-state index in [1.807, 2.05) is 0 Å². The van der Waals surface area contributed by atoms with Crippen LogP contribution in [0.25, 0.3) is 0 Å². The van der Waals surface area contributed by atoms with Crippen molar-refractivity contribution in [2.45, 2.75) is 12.5 Å². The molecule has 1 fully saturated rings. The van der Waals surface area contributed by atoms with E-state index in [4.69, 9.17) is 4.74 Å². The molecule has 0 aliphatic carbocycles. The van der Waals surface area contributed by atoms with Crippen LogP contribution in [0.5, 0.6) is 0 Å². The minimum atomic E-state index is -3.15. The van der Waals surface area contributed by atoms with Crippen LogP contribution in [0.4, 0.5) is 0 Å². The Kier molecular flexibility index (Phi) is 4.85. The van der Waals surface area contributed by atoms with Crippen molar-refractivity contribution in [3.63, 3.8) is 0 Å². The summed E-state index contributed by atoms with van der Waals surface area (Å²) in [5, 5.41) is 0. The minimum absolute atomic E-state index is 0.0520. The SMILES string of the molecule is COCCN(C(=O)c1ccc2c(c1)C(=O)N(C)C2=O)C1CCS(=O)(=O)C1. The van der Waals surface area contributed by atoms with Crippen LogP contribution in [-0.2, 0) is 14.6 Å². The van der Waals surface area contributed by atoms with Gasteiger partial charge in [0.15, 0.2) is 9.84 Å². The number of fused-ring (bicyclic) bond motifs is 1. The molecule has 2 aliphatic heterocycles. The van der Waals surface area contributed by atoms with Crippen LogP contribution in [0, 0.1) is 0 Å². The maximum Gasteiger partial charge on any atom is 0.261 e. The fourth-order valence-corrected chi connectivity index (χ4v) is 5.05. The van der Waals surface area contributed by atoms with Crippen molar-refractivity contribution < 1.29 is 27.5 Å². The Bertz CT molecular complexity index is 879. The van der Waals surface area contributed by atoms with Crippen molar-refractivity contribution in [3.05, 3.63) is 34.9 Å². The van der Waals surface area contributed by atoms with E-state index in [1.54, 1.807) is 0 Å². The molecular weight excluding hydrogens is 360 g/mol. The number of imide groups is 1. The topological polar surface area (TPSA) is 101 Å². The first kappa shape index (κ1) is 18.5. The molecule has 3 amide bonds. The van der Waals surface area contributed by atoms with Gasteiger partial charge in [-0.25, -0.2) is 8.42 Å². The number of benzene rings is 1. The second-order valence-electron chi connectivity index (χ2n) is 6.48. The quantitative estimate of drug-likeness (QED) is 0.676. The third kappa shape index (κ3) is 3.24. The molecule has 0 bridgehead atoms. The van der Waals surface area contributed by atoms with Gasteiger partial charge in [0.1, 0.15) is 0 Å². The van der Waals surface area contributed by atoms with Crippen LogP contribution in [0.3, 0.4) is 0 Å². The van der Waals surface area contributed by atoms with Gasteiger partial charge in [0, 0.05) is 32.3 Å². The molecule has 1 aromatic carbocycles. The van der Waals surface area contributed by atoms with Crippen molar-refractivity contribution in [2.75, 3.05) is 38.8 Å². The largest absolute Gasteiger partial charge is 0.383 e. The van der Waals surface area contributed by atoms with E-state index in [2.05, 4.69) is 0 Å². The van der Waals surface area contributed by atoms with Gasteiger partial charge in [-0.15, -0.1) is 0 Å². The number of nitrogens with zero attached hydrogens (tertiary/aromatic N) is 2. The second-order valence-corrected chi connectivity index (χ2v) is 8.71. The Morgan fingerprint density at radius 3 is 2.58 bits per heavy atom. The summed E-state index contributed by atoms with van der Waals surface area (Å²) in [6.45, 7) is 0.521. The molecule has 1 saturated heterocycles. The number of methoxy groups -OCH3 is 1. The number of amides is 3. The number of hydrogen-bond donors (Lipinski definition) is 0. The summed E-state index contributed by atoms with van der Waals surface area (Å²) in [6, 6.07) is 3.95. The first-order valence-corrected chi connectivity index (χ1v) is 10.0. The van der Waals surface area contributed by atoms with Gasteiger partial charge < -0.3 is 9.64 Å². The zero-order valence-electron chi connectivity index (χ0n) is 14.6. The molecular formula is C17H20N2O6S. The molecule has 26 heavy (non-hydrogen) atoms. The third-order valence-corrected chi connectivity index (χ3v) is 6.53. The molecule has 8 nitrogen and oxygen atoms in total. The van der Waals surface area contributed by atoms with E-state index >= 15 is 0 Å². The van der Waals surface area contributed by atoms with E-state index < -0.39 is 27.7 Å². The number of rotatable bonds is 5. The summed E-state index contributed by atoms with van der Waals surface area (Å²) in [5.41, 5.74) is 0.704. The van der Waals surface area contributed by atoms with Gasteiger partial charge >= 0.3 is 0 Å². The first-order chi connectivity index (χ1) is 12.2. The highest BCUT2D eigenvalue weighted by Gasteiger charge is 2.37. The monoisotopic (exact) mass is 380 g/mol. The summed E-state index contributed by atoms with van der Waals surface area (Å²) in [5.74, 6) is -1.25. The Morgan fingerprint density at radius 1 is 1.27 bits per heavy atom. The number of hydrogen-bond acceptors (Lipinski definition) is 6. The standard InChI is InChI=1S/C17H20N2O6S/c1-18-16(21)13-4-3-11(9-14(13)17(18)22)15(20)19(6-7-25-2)12-5-8-26(23,24)10-12/h3-4,9,12H,5-8,10H2,1-2H3. The summed E-state index contributed by atoms with van der Waals surface area (Å²) < 4.78 is 28.6. The molecule has 0 spiro atoms. The molecule has 140 valence electrons. The Hall–Kier alpha value is -2.26. The molecule has 9 heteroatoms. The molecule has 1 aromatic rings. The average molecular weight is 380 g/mol. The molecule has 2 heterocycles.